The summed E-state index contributed by atoms with van der Waals surface area (Å²) in [6.45, 7) is 10.6. The van der Waals surface area contributed by atoms with Crippen LogP contribution in [0.15, 0.2) is 11.6 Å². The Labute approximate surface area is 106 Å². The number of rotatable bonds is 1. The summed E-state index contributed by atoms with van der Waals surface area (Å²) < 4.78 is 4.40. The molecule has 0 aliphatic heterocycles. The molecule has 0 amide bonds. The fourth-order valence-corrected chi connectivity index (χ4v) is 2.30. The second-order valence-electron chi connectivity index (χ2n) is 5.18. The number of allylic oxidation sites excluding steroid dienone is 2. The molecule has 1 rings (SSSR count). The van der Waals surface area contributed by atoms with Crippen molar-refractivity contribution in [2.75, 3.05) is 6.61 Å². The van der Waals surface area contributed by atoms with Crippen LogP contribution in [0.1, 0.15) is 66.7 Å². The van der Waals surface area contributed by atoms with Gasteiger partial charge in [0.1, 0.15) is 0 Å². The number of esters is 1. The Morgan fingerprint density at radius 3 is 2.41 bits per heavy atom. The first-order chi connectivity index (χ1) is 7.94. The first-order valence-electron chi connectivity index (χ1n) is 6.73. The van der Waals surface area contributed by atoms with Gasteiger partial charge in [-0.3, -0.25) is 4.79 Å². The van der Waals surface area contributed by atoms with Crippen LogP contribution in [0.5, 0.6) is 0 Å². The lowest BCUT2D eigenvalue weighted by Crippen LogP contribution is -2.12. The van der Waals surface area contributed by atoms with Gasteiger partial charge in [0.2, 0.25) is 0 Å². The predicted molar refractivity (Wildman–Crippen MR) is 72.9 cm³/mol. The van der Waals surface area contributed by atoms with Crippen molar-refractivity contribution < 1.29 is 9.53 Å². The monoisotopic (exact) mass is 240 g/mol. The third kappa shape index (κ3) is 7.19. The van der Waals surface area contributed by atoms with Gasteiger partial charge in [-0.25, -0.2) is 0 Å². The highest BCUT2D eigenvalue weighted by molar-refractivity contribution is 5.65. The highest BCUT2D eigenvalue weighted by atomic mass is 16.5. The normalized spacial score (nSPS) is 21.1. The minimum Gasteiger partial charge on any atom is -0.466 e. The molecule has 2 heteroatoms. The van der Waals surface area contributed by atoms with Gasteiger partial charge in [-0.2, -0.15) is 0 Å². The zero-order chi connectivity index (χ0) is 13.3. The van der Waals surface area contributed by atoms with Crippen molar-refractivity contribution in [3.63, 3.8) is 0 Å². The molecule has 0 heterocycles. The standard InChI is InChI=1S/C11H20.C4H8O2/c1-4-10-8-6-5-7-9-11(10,2)3;1-3-6-4(2)5/h4H,5-9H2,1-3H3;3H2,1-2H3/b10-4+;. The van der Waals surface area contributed by atoms with E-state index in [0.29, 0.717) is 12.0 Å². The van der Waals surface area contributed by atoms with E-state index < -0.39 is 0 Å². The van der Waals surface area contributed by atoms with Gasteiger partial charge < -0.3 is 4.74 Å². The Kier molecular flexibility index (Phi) is 7.94. The number of carbonyl (C=O) groups is 1. The van der Waals surface area contributed by atoms with Crippen LogP contribution in [0.2, 0.25) is 0 Å². The van der Waals surface area contributed by atoms with E-state index in [4.69, 9.17) is 0 Å². The molecule has 0 spiro atoms. The fourth-order valence-electron chi connectivity index (χ4n) is 2.30. The largest absolute Gasteiger partial charge is 0.466 e. The summed E-state index contributed by atoms with van der Waals surface area (Å²) in [4.78, 5) is 9.82. The first kappa shape index (κ1) is 16.2. The topological polar surface area (TPSA) is 26.3 Å². The summed E-state index contributed by atoms with van der Waals surface area (Å²) in [5.41, 5.74) is 2.17. The van der Waals surface area contributed by atoms with Crippen molar-refractivity contribution in [1.82, 2.24) is 0 Å². The maximum Gasteiger partial charge on any atom is 0.302 e. The molecule has 100 valence electrons. The smallest absolute Gasteiger partial charge is 0.302 e. The quantitative estimate of drug-likeness (QED) is 0.383. The van der Waals surface area contributed by atoms with E-state index in [1.54, 1.807) is 12.5 Å². The van der Waals surface area contributed by atoms with Gasteiger partial charge in [-0.05, 0) is 38.5 Å². The molecular formula is C15H28O2. The lowest BCUT2D eigenvalue weighted by Gasteiger charge is -2.25. The van der Waals surface area contributed by atoms with E-state index in [0.717, 1.165) is 0 Å². The molecule has 2 nitrogen and oxygen atoms in total. The molecule has 0 saturated heterocycles. The summed E-state index contributed by atoms with van der Waals surface area (Å²) in [5.74, 6) is -0.211. The SMILES string of the molecule is C/C=C1\CCCCCC1(C)C.CCOC(C)=O. The van der Waals surface area contributed by atoms with Crippen molar-refractivity contribution in [3.8, 4) is 0 Å². The van der Waals surface area contributed by atoms with E-state index in [1.807, 2.05) is 0 Å². The molecule has 17 heavy (non-hydrogen) atoms. The summed E-state index contributed by atoms with van der Waals surface area (Å²) in [5, 5.41) is 0. The Hall–Kier alpha value is -0.790. The number of carbonyl (C=O) groups excluding carboxylic acids is 1. The molecule has 0 N–H and O–H groups in total. The van der Waals surface area contributed by atoms with Crippen LogP contribution in [0.4, 0.5) is 0 Å². The lowest BCUT2D eigenvalue weighted by molar-refractivity contribution is -0.140. The highest BCUT2D eigenvalue weighted by Gasteiger charge is 2.23. The van der Waals surface area contributed by atoms with E-state index in [2.05, 4.69) is 31.6 Å². The molecule has 0 aromatic heterocycles. The zero-order valence-electron chi connectivity index (χ0n) is 12.1. The van der Waals surface area contributed by atoms with E-state index in [-0.39, 0.29) is 5.97 Å². The number of hydrogen-bond donors (Lipinski definition) is 0. The molecule has 0 unspecified atom stereocenters. The van der Waals surface area contributed by atoms with Crippen LogP contribution in [0.25, 0.3) is 0 Å². The third-order valence-electron chi connectivity index (χ3n) is 3.31. The minimum atomic E-state index is -0.211. The minimum absolute atomic E-state index is 0.211. The van der Waals surface area contributed by atoms with Crippen molar-refractivity contribution in [1.29, 1.82) is 0 Å². The second-order valence-corrected chi connectivity index (χ2v) is 5.18. The van der Waals surface area contributed by atoms with E-state index >= 15 is 0 Å². The molecule has 1 fully saturated rings. The lowest BCUT2D eigenvalue weighted by atomic mass is 9.80. The van der Waals surface area contributed by atoms with Crippen molar-refractivity contribution in [2.45, 2.75) is 66.7 Å². The van der Waals surface area contributed by atoms with Gasteiger partial charge in [0.15, 0.2) is 0 Å². The third-order valence-corrected chi connectivity index (χ3v) is 3.31. The maximum atomic E-state index is 9.82. The Morgan fingerprint density at radius 1 is 1.35 bits per heavy atom. The molecule has 0 radical (unpaired) electrons. The van der Waals surface area contributed by atoms with Crippen LogP contribution in [-0.4, -0.2) is 12.6 Å². The van der Waals surface area contributed by atoms with Gasteiger partial charge in [0, 0.05) is 6.92 Å². The first-order valence-corrected chi connectivity index (χ1v) is 6.73. The second kappa shape index (κ2) is 8.32. The summed E-state index contributed by atoms with van der Waals surface area (Å²) >= 11 is 0. The van der Waals surface area contributed by atoms with Gasteiger partial charge in [0.05, 0.1) is 6.61 Å². The zero-order valence-corrected chi connectivity index (χ0v) is 12.1. The van der Waals surface area contributed by atoms with Crippen LogP contribution in [-0.2, 0) is 9.53 Å². The highest BCUT2D eigenvalue weighted by Crippen LogP contribution is 2.38. The van der Waals surface area contributed by atoms with Gasteiger partial charge in [-0.15, -0.1) is 0 Å². The molecule has 1 aliphatic carbocycles. The van der Waals surface area contributed by atoms with Crippen LogP contribution >= 0.6 is 0 Å². The Balaban J connectivity index is 0.000000366. The maximum absolute atomic E-state index is 9.82. The average Bonchev–Trinajstić information content (AvgIpc) is 2.39. The fraction of sp³-hybridized carbons (Fsp3) is 0.800. The number of hydrogen-bond acceptors (Lipinski definition) is 2. The van der Waals surface area contributed by atoms with Gasteiger partial charge in [-0.1, -0.05) is 38.3 Å². The van der Waals surface area contributed by atoms with Crippen LogP contribution < -0.4 is 0 Å². The average molecular weight is 240 g/mol. The molecule has 0 atom stereocenters. The molecule has 0 aromatic rings. The van der Waals surface area contributed by atoms with E-state index in [9.17, 15) is 4.79 Å². The van der Waals surface area contributed by atoms with Crippen molar-refractivity contribution >= 4 is 5.97 Å². The van der Waals surface area contributed by atoms with Crippen molar-refractivity contribution in [3.05, 3.63) is 11.6 Å². The van der Waals surface area contributed by atoms with Crippen molar-refractivity contribution in [2.24, 2.45) is 5.41 Å². The summed E-state index contributed by atoms with van der Waals surface area (Å²) in [7, 11) is 0. The van der Waals surface area contributed by atoms with Crippen LogP contribution in [0, 0.1) is 5.41 Å². The van der Waals surface area contributed by atoms with Gasteiger partial charge in [0.25, 0.3) is 0 Å². The Bertz CT molecular complexity index is 252. The Morgan fingerprint density at radius 2 is 2.00 bits per heavy atom. The number of ether oxygens (including phenoxy) is 1. The van der Waals surface area contributed by atoms with E-state index in [1.165, 1.54) is 39.0 Å². The molecule has 1 saturated carbocycles. The summed E-state index contributed by atoms with van der Waals surface area (Å²) in [6.07, 6.45) is 9.30. The molecule has 0 aromatic carbocycles. The van der Waals surface area contributed by atoms with Crippen LogP contribution in [0.3, 0.4) is 0 Å². The molecule has 0 bridgehead atoms. The molecule has 1 aliphatic rings. The predicted octanol–water partition coefficient (Wildman–Crippen LogP) is 4.49. The van der Waals surface area contributed by atoms with Gasteiger partial charge >= 0.3 is 5.97 Å². The molecular weight excluding hydrogens is 212 g/mol. The summed E-state index contributed by atoms with van der Waals surface area (Å²) in [6, 6.07) is 0.